The van der Waals surface area contributed by atoms with Crippen molar-refractivity contribution in [1.29, 1.82) is 0 Å². The lowest BCUT2D eigenvalue weighted by atomic mass is 10.2. The molecule has 0 radical (unpaired) electrons. The number of amides is 1. The summed E-state index contributed by atoms with van der Waals surface area (Å²) < 4.78 is 23.8. The average Bonchev–Trinajstić information content (AvgIpc) is 2.63. The van der Waals surface area contributed by atoms with E-state index in [1.807, 2.05) is 0 Å². The third-order valence-corrected chi connectivity index (χ3v) is 3.47. The van der Waals surface area contributed by atoms with E-state index in [2.05, 4.69) is 5.32 Å². The molecule has 27 heavy (non-hydrogen) atoms. The summed E-state index contributed by atoms with van der Waals surface area (Å²) in [7, 11) is 0. The zero-order valence-corrected chi connectivity index (χ0v) is 14.6. The maximum absolute atomic E-state index is 13.3. The molecular weight excluding hydrogens is 359 g/mol. The van der Waals surface area contributed by atoms with Crippen molar-refractivity contribution in [2.75, 3.05) is 11.9 Å². The lowest BCUT2D eigenvalue weighted by Crippen LogP contribution is -2.30. The molecule has 1 atom stereocenters. The fraction of sp³-hybridized carbons (Fsp3) is 0.222. The van der Waals surface area contributed by atoms with Crippen LogP contribution >= 0.6 is 0 Å². The van der Waals surface area contributed by atoms with Gasteiger partial charge in [0.25, 0.3) is 5.91 Å². The van der Waals surface area contributed by atoms with Gasteiger partial charge in [0.2, 0.25) is 5.82 Å². The van der Waals surface area contributed by atoms with E-state index in [4.69, 9.17) is 9.47 Å². The van der Waals surface area contributed by atoms with E-state index in [0.29, 0.717) is 12.4 Å². The molecule has 0 aliphatic carbocycles. The van der Waals surface area contributed by atoms with Crippen LogP contribution in [0.2, 0.25) is 0 Å². The van der Waals surface area contributed by atoms with Gasteiger partial charge in [-0.05, 0) is 38.1 Å². The van der Waals surface area contributed by atoms with Crippen molar-refractivity contribution in [1.82, 2.24) is 0 Å². The number of ether oxygens (including phenoxy) is 2. The summed E-state index contributed by atoms with van der Waals surface area (Å²) in [4.78, 5) is 34.3. The second-order valence-corrected chi connectivity index (χ2v) is 5.39. The largest absolute Gasteiger partial charge is 0.493 e. The Morgan fingerprint density at radius 3 is 2.63 bits per heavy atom. The summed E-state index contributed by atoms with van der Waals surface area (Å²) in [6.45, 7) is 3.46. The minimum Gasteiger partial charge on any atom is -0.493 e. The van der Waals surface area contributed by atoms with E-state index in [9.17, 15) is 24.1 Å². The molecule has 0 saturated carbocycles. The highest BCUT2D eigenvalue weighted by Gasteiger charge is 2.22. The molecule has 2 rings (SSSR count). The highest BCUT2D eigenvalue weighted by molar-refractivity contribution is 5.98. The lowest BCUT2D eigenvalue weighted by molar-refractivity contribution is -0.387. The van der Waals surface area contributed by atoms with E-state index in [-0.39, 0.29) is 11.3 Å². The van der Waals surface area contributed by atoms with Crippen molar-refractivity contribution in [2.24, 2.45) is 0 Å². The molecule has 0 fully saturated rings. The molecule has 1 amide bonds. The van der Waals surface area contributed by atoms with Crippen LogP contribution in [0.15, 0.2) is 42.5 Å². The number of nitrogens with zero attached hydrogens (tertiary/aromatic N) is 1. The molecule has 8 nitrogen and oxygen atoms in total. The standard InChI is InChI=1S/C18H17FN2O6/c1-3-26-16-7-5-4-6-13(16)18(23)27-11(2)17(22)20-12-8-9-14(19)15(10-12)21(24)25/h4-11H,3H2,1-2H3,(H,20,22)/t11-/m1/s1. The minimum absolute atomic E-state index is 0.00529. The normalized spacial score (nSPS) is 11.4. The van der Waals surface area contributed by atoms with Crippen LogP contribution in [0, 0.1) is 15.9 Å². The number of halogens is 1. The zero-order chi connectivity index (χ0) is 20.0. The van der Waals surface area contributed by atoms with Gasteiger partial charge in [-0.25, -0.2) is 4.79 Å². The van der Waals surface area contributed by atoms with E-state index < -0.39 is 34.4 Å². The fourth-order valence-corrected chi connectivity index (χ4v) is 2.17. The summed E-state index contributed by atoms with van der Waals surface area (Å²) in [5.41, 5.74) is -0.606. The summed E-state index contributed by atoms with van der Waals surface area (Å²) >= 11 is 0. The van der Waals surface area contributed by atoms with Crippen molar-refractivity contribution >= 4 is 23.3 Å². The number of anilines is 1. The summed E-state index contributed by atoms with van der Waals surface area (Å²) in [5, 5.41) is 13.1. The number of hydrogen-bond donors (Lipinski definition) is 1. The third-order valence-electron chi connectivity index (χ3n) is 3.47. The molecule has 2 aromatic carbocycles. The Bertz CT molecular complexity index is 871. The maximum atomic E-state index is 13.3. The number of hydrogen-bond acceptors (Lipinski definition) is 6. The van der Waals surface area contributed by atoms with Gasteiger partial charge in [-0.2, -0.15) is 4.39 Å². The Morgan fingerprint density at radius 1 is 1.26 bits per heavy atom. The first-order valence-corrected chi connectivity index (χ1v) is 8.01. The molecular formula is C18H17FN2O6. The number of para-hydroxylation sites is 1. The van der Waals surface area contributed by atoms with Crippen molar-refractivity contribution in [2.45, 2.75) is 20.0 Å². The number of benzene rings is 2. The Morgan fingerprint density at radius 2 is 1.96 bits per heavy atom. The Hall–Kier alpha value is -3.49. The van der Waals surface area contributed by atoms with Crippen molar-refractivity contribution in [3.63, 3.8) is 0 Å². The summed E-state index contributed by atoms with van der Waals surface area (Å²) in [5.74, 6) is -2.18. The van der Waals surface area contributed by atoms with Crippen molar-refractivity contribution in [3.8, 4) is 5.75 Å². The van der Waals surface area contributed by atoms with Gasteiger partial charge in [0.1, 0.15) is 11.3 Å². The first-order valence-electron chi connectivity index (χ1n) is 8.01. The molecule has 0 spiro atoms. The van der Waals surface area contributed by atoms with E-state index >= 15 is 0 Å². The van der Waals surface area contributed by atoms with E-state index in [0.717, 1.165) is 12.1 Å². The van der Waals surface area contributed by atoms with Crippen LogP contribution in [0.5, 0.6) is 5.75 Å². The second kappa shape index (κ2) is 8.75. The van der Waals surface area contributed by atoms with Crippen LogP contribution in [0.3, 0.4) is 0 Å². The molecule has 0 saturated heterocycles. The second-order valence-electron chi connectivity index (χ2n) is 5.39. The van der Waals surface area contributed by atoms with Gasteiger partial charge in [-0.1, -0.05) is 12.1 Å². The monoisotopic (exact) mass is 376 g/mol. The molecule has 142 valence electrons. The fourth-order valence-electron chi connectivity index (χ4n) is 2.17. The highest BCUT2D eigenvalue weighted by Crippen LogP contribution is 2.22. The summed E-state index contributed by atoms with van der Waals surface area (Å²) in [6, 6.07) is 9.33. The van der Waals surface area contributed by atoms with Gasteiger partial charge >= 0.3 is 11.7 Å². The Labute approximate surface area is 154 Å². The topological polar surface area (TPSA) is 108 Å². The summed E-state index contributed by atoms with van der Waals surface area (Å²) in [6.07, 6.45) is -1.20. The molecule has 0 bridgehead atoms. The van der Waals surface area contributed by atoms with E-state index in [1.54, 1.807) is 25.1 Å². The van der Waals surface area contributed by atoms with Crippen molar-refractivity contribution < 1.29 is 28.4 Å². The van der Waals surface area contributed by atoms with Crippen LogP contribution in [0.25, 0.3) is 0 Å². The lowest BCUT2D eigenvalue weighted by Gasteiger charge is -2.15. The van der Waals surface area contributed by atoms with Crippen LogP contribution in [-0.4, -0.2) is 29.5 Å². The average molecular weight is 376 g/mol. The van der Waals surface area contributed by atoms with Crippen LogP contribution in [0.1, 0.15) is 24.2 Å². The van der Waals surface area contributed by atoms with Gasteiger partial charge < -0.3 is 14.8 Å². The van der Waals surface area contributed by atoms with E-state index in [1.165, 1.54) is 19.1 Å². The smallest absolute Gasteiger partial charge is 0.342 e. The molecule has 9 heteroatoms. The SMILES string of the molecule is CCOc1ccccc1C(=O)O[C@H](C)C(=O)Nc1ccc(F)c([N+](=O)[O-])c1. The first kappa shape index (κ1) is 19.8. The Balaban J connectivity index is 2.07. The highest BCUT2D eigenvalue weighted by atomic mass is 19.1. The maximum Gasteiger partial charge on any atom is 0.342 e. The number of rotatable bonds is 7. The predicted octanol–water partition coefficient (Wildman–Crippen LogP) is 3.32. The van der Waals surface area contributed by atoms with Crippen LogP contribution in [-0.2, 0) is 9.53 Å². The van der Waals surface area contributed by atoms with Crippen LogP contribution < -0.4 is 10.1 Å². The molecule has 0 aliphatic heterocycles. The number of carbonyl (C=O) groups is 2. The molecule has 0 unspecified atom stereocenters. The quantitative estimate of drug-likeness (QED) is 0.451. The number of carbonyl (C=O) groups excluding carboxylic acids is 2. The molecule has 0 aliphatic rings. The number of nitro groups is 1. The van der Waals surface area contributed by atoms with Gasteiger partial charge in [-0.3, -0.25) is 14.9 Å². The van der Waals surface area contributed by atoms with Crippen LogP contribution in [0.4, 0.5) is 15.8 Å². The van der Waals surface area contributed by atoms with Gasteiger partial charge in [-0.15, -0.1) is 0 Å². The number of esters is 1. The zero-order valence-electron chi connectivity index (χ0n) is 14.6. The van der Waals surface area contributed by atoms with Gasteiger partial charge in [0.05, 0.1) is 11.5 Å². The van der Waals surface area contributed by atoms with Gasteiger partial charge in [0.15, 0.2) is 6.10 Å². The molecule has 0 aromatic heterocycles. The van der Waals surface area contributed by atoms with Gasteiger partial charge in [0, 0.05) is 11.8 Å². The Kier molecular flexibility index (Phi) is 6.42. The number of nitrogens with one attached hydrogen (secondary N) is 1. The number of nitro benzene ring substituents is 1. The molecule has 1 N–H and O–H groups in total. The predicted molar refractivity (Wildman–Crippen MR) is 94.2 cm³/mol. The minimum atomic E-state index is -1.20. The van der Waals surface area contributed by atoms with Crippen molar-refractivity contribution in [3.05, 3.63) is 64.0 Å². The first-order chi connectivity index (χ1) is 12.8. The molecule has 0 heterocycles. The third kappa shape index (κ3) is 5.00. The molecule has 2 aromatic rings.